The first-order valence-corrected chi connectivity index (χ1v) is 12.7. The molecule has 0 saturated carbocycles. The third-order valence-corrected chi connectivity index (χ3v) is 6.41. The molecule has 0 aliphatic carbocycles. The van der Waals surface area contributed by atoms with Gasteiger partial charge in [0, 0.05) is 11.3 Å². The molecule has 1 aromatic carbocycles. The largest absolute Gasteiger partial charge is 0.398 e. The van der Waals surface area contributed by atoms with Crippen molar-refractivity contribution in [3.05, 3.63) is 35.4 Å². The van der Waals surface area contributed by atoms with Crippen molar-refractivity contribution < 1.29 is 0 Å². The lowest BCUT2D eigenvalue weighted by Crippen LogP contribution is -1.93. The van der Waals surface area contributed by atoms with Crippen LogP contribution < -0.4 is 5.73 Å². The van der Waals surface area contributed by atoms with Gasteiger partial charge in [0.05, 0.1) is 0 Å². The number of unbranched alkanes of at least 4 members (excludes halogenated alkanes) is 15. The summed E-state index contributed by atoms with van der Waals surface area (Å²) in [6, 6.07) is 8.23. The lowest BCUT2D eigenvalue weighted by atomic mass is 9.97. The normalized spacial score (nSPS) is 12.2. The summed E-state index contributed by atoms with van der Waals surface area (Å²) in [5, 5.41) is 0. The van der Waals surface area contributed by atoms with Crippen LogP contribution >= 0.6 is 0 Å². The van der Waals surface area contributed by atoms with E-state index in [2.05, 4.69) is 32.9 Å². The molecule has 0 aliphatic rings. The standard InChI is InChI=1S/C28H49N/c1-4-5-6-7-8-9-10-11-12-13-14-15-16-17-18-19-22-25(2)26(3)27-23-20-21-24-28(27)29/h20-21,23-24H,4-19,22,29H2,1-3H3. The van der Waals surface area contributed by atoms with E-state index in [1.54, 1.807) is 0 Å². The second-order valence-corrected chi connectivity index (χ2v) is 9.05. The van der Waals surface area contributed by atoms with Gasteiger partial charge in [0.15, 0.2) is 0 Å². The fourth-order valence-corrected chi connectivity index (χ4v) is 4.19. The molecule has 0 aromatic heterocycles. The van der Waals surface area contributed by atoms with Crippen molar-refractivity contribution in [3.8, 4) is 0 Å². The maximum absolute atomic E-state index is 6.12. The van der Waals surface area contributed by atoms with Gasteiger partial charge < -0.3 is 5.73 Å². The Morgan fingerprint density at radius 1 is 0.621 bits per heavy atom. The number of nitrogens with two attached hydrogens (primary N) is 1. The minimum Gasteiger partial charge on any atom is -0.398 e. The highest BCUT2D eigenvalue weighted by molar-refractivity contribution is 5.75. The summed E-state index contributed by atoms with van der Waals surface area (Å²) in [5.41, 5.74) is 11.1. The van der Waals surface area contributed by atoms with Crippen molar-refractivity contribution in [2.45, 2.75) is 130 Å². The molecule has 166 valence electrons. The summed E-state index contributed by atoms with van der Waals surface area (Å²) < 4.78 is 0. The van der Waals surface area contributed by atoms with Gasteiger partial charge in [-0.25, -0.2) is 0 Å². The molecular weight excluding hydrogens is 350 g/mol. The maximum atomic E-state index is 6.12. The van der Waals surface area contributed by atoms with Crippen LogP contribution in [0.4, 0.5) is 5.69 Å². The van der Waals surface area contributed by atoms with Gasteiger partial charge in [-0.2, -0.15) is 0 Å². The lowest BCUT2D eigenvalue weighted by Gasteiger charge is -2.10. The van der Waals surface area contributed by atoms with E-state index in [0.29, 0.717) is 0 Å². The predicted octanol–water partition coefficient (Wildman–Crippen LogP) is 9.71. The van der Waals surface area contributed by atoms with Crippen molar-refractivity contribution in [3.63, 3.8) is 0 Å². The molecule has 1 heteroatoms. The first kappa shape index (κ1) is 25.8. The molecule has 0 fully saturated rings. The zero-order chi connectivity index (χ0) is 21.2. The second kappa shape index (κ2) is 17.6. The molecule has 0 saturated heterocycles. The fourth-order valence-electron chi connectivity index (χ4n) is 4.19. The van der Waals surface area contributed by atoms with Crippen molar-refractivity contribution in [1.82, 2.24) is 0 Å². The monoisotopic (exact) mass is 399 g/mol. The minimum absolute atomic E-state index is 0.899. The Labute approximate surface area is 182 Å². The molecule has 0 aliphatic heterocycles. The minimum atomic E-state index is 0.899. The zero-order valence-corrected chi connectivity index (χ0v) is 19.9. The summed E-state index contributed by atoms with van der Waals surface area (Å²) in [6.07, 6.45) is 24.1. The first-order chi connectivity index (χ1) is 14.2. The fraction of sp³-hybridized carbons (Fsp3) is 0.714. The average Bonchev–Trinajstić information content (AvgIpc) is 2.73. The van der Waals surface area contributed by atoms with Gasteiger partial charge in [-0.1, -0.05) is 127 Å². The molecule has 0 unspecified atom stereocenters. The molecule has 0 spiro atoms. The molecule has 1 rings (SSSR count). The Hall–Kier alpha value is -1.24. The highest BCUT2D eigenvalue weighted by atomic mass is 14.6. The Morgan fingerprint density at radius 3 is 1.48 bits per heavy atom. The molecular formula is C28H49N. The van der Waals surface area contributed by atoms with Gasteiger partial charge in [0.2, 0.25) is 0 Å². The summed E-state index contributed by atoms with van der Waals surface area (Å²) in [7, 11) is 0. The van der Waals surface area contributed by atoms with E-state index in [1.165, 1.54) is 126 Å². The number of para-hydroxylation sites is 1. The van der Waals surface area contributed by atoms with Gasteiger partial charge in [0.25, 0.3) is 0 Å². The zero-order valence-electron chi connectivity index (χ0n) is 19.9. The van der Waals surface area contributed by atoms with Crippen LogP contribution in [0.1, 0.15) is 135 Å². The van der Waals surface area contributed by atoms with Crippen LogP contribution in [0.25, 0.3) is 5.57 Å². The summed E-state index contributed by atoms with van der Waals surface area (Å²) in [4.78, 5) is 0. The van der Waals surface area contributed by atoms with Crippen molar-refractivity contribution in [1.29, 1.82) is 0 Å². The molecule has 1 aromatic rings. The number of benzene rings is 1. The number of nitrogen functional groups attached to an aromatic ring is 1. The molecule has 0 atom stereocenters. The number of allylic oxidation sites excluding steroid dienone is 2. The molecule has 29 heavy (non-hydrogen) atoms. The van der Waals surface area contributed by atoms with E-state index in [4.69, 9.17) is 5.73 Å². The third-order valence-electron chi connectivity index (χ3n) is 6.41. The van der Waals surface area contributed by atoms with Gasteiger partial charge in [-0.3, -0.25) is 0 Å². The van der Waals surface area contributed by atoms with Crippen molar-refractivity contribution >= 4 is 11.3 Å². The van der Waals surface area contributed by atoms with Crippen LogP contribution in [-0.4, -0.2) is 0 Å². The van der Waals surface area contributed by atoms with E-state index < -0.39 is 0 Å². The van der Waals surface area contributed by atoms with Gasteiger partial charge in [-0.05, 0) is 38.3 Å². The van der Waals surface area contributed by atoms with Crippen molar-refractivity contribution in [2.24, 2.45) is 0 Å². The molecule has 0 radical (unpaired) electrons. The van der Waals surface area contributed by atoms with Crippen LogP contribution in [0.5, 0.6) is 0 Å². The van der Waals surface area contributed by atoms with E-state index >= 15 is 0 Å². The highest BCUT2D eigenvalue weighted by Crippen LogP contribution is 2.26. The van der Waals surface area contributed by atoms with Crippen LogP contribution in [0.3, 0.4) is 0 Å². The van der Waals surface area contributed by atoms with E-state index in [9.17, 15) is 0 Å². The quantitative estimate of drug-likeness (QED) is 0.193. The number of rotatable bonds is 18. The van der Waals surface area contributed by atoms with Crippen LogP contribution in [-0.2, 0) is 0 Å². The maximum Gasteiger partial charge on any atom is 0.0390 e. The molecule has 0 amide bonds. The summed E-state index contributed by atoms with van der Waals surface area (Å²) in [6.45, 7) is 6.78. The van der Waals surface area contributed by atoms with Gasteiger partial charge >= 0.3 is 0 Å². The van der Waals surface area contributed by atoms with E-state index in [-0.39, 0.29) is 0 Å². The van der Waals surface area contributed by atoms with Crippen LogP contribution in [0.2, 0.25) is 0 Å². The topological polar surface area (TPSA) is 26.0 Å². The smallest absolute Gasteiger partial charge is 0.0390 e. The first-order valence-electron chi connectivity index (χ1n) is 12.7. The number of anilines is 1. The number of hydrogen-bond donors (Lipinski definition) is 1. The van der Waals surface area contributed by atoms with Crippen LogP contribution in [0.15, 0.2) is 29.8 Å². The SMILES string of the molecule is CCCCCCCCCCCCCCCCCCC(C)=C(C)c1ccccc1N. The number of hydrogen-bond acceptors (Lipinski definition) is 1. The van der Waals surface area contributed by atoms with Gasteiger partial charge in [-0.15, -0.1) is 0 Å². The Balaban J connectivity index is 1.92. The highest BCUT2D eigenvalue weighted by Gasteiger charge is 2.04. The van der Waals surface area contributed by atoms with E-state index in [0.717, 1.165) is 5.69 Å². The Morgan fingerprint density at radius 2 is 1.03 bits per heavy atom. The molecule has 2 N–H and O–H groups in total. The summed E-state index contributed by atoms with van der Waals surface area (Å²) >= 11 is 0. The van der Waals surface area contributed by atoms with Crippen molar-refractivity contribution in [2.75, 3.05) is 5.73 Å². The lowest BCUT2D eigenvalue weighted by molar-refractivity contribution is 0.529. The third kappa shape index (κ3) is 12.8. The van der Waals surface area contributed by atoms with Crippen LogP contribution in [0, 0.1) is 0 Å². The van der Waals surface area contributed by atoms with E-state index in [1.807, 2.05) is 12.1 Å². The predicted molar refractivity (Wildman–Crippen MR) is 133 cm³/mol. The Bertz CT molecular complexity index is 543. The molecule has 0 bridgehead atoms. The average molecular weight is 400 g/mol. The Kier molecular flexibility index (Phi) is 15.7. The summed E-state index contributed by atoms with van der Waals surface area (Å²) in [5.74, 6) is 0. The van der Waals surface area contributed by atoms with Gasteiger partial charge in [0.1, 0.15) is 0 Å². The molecule has 0 heterocycles. The second-order valence-electron chi connectivity index (χ2n) is 9.05. The molecule has 1 nitrogen and oxygen atoms in total.